The monoisotopic (exact) mass is 412 g/mol. The summed E-state index contributed by atoms with van der Waals surface area (Å²) in [6.07, 6.45) is 14.8. The van der Waals surface area contributed by atoms with Gasteiger partial charge in [-0.25, -0.2) is 0 Å². The quantitative estimate of drug-likeness (QED) is 0.205. The summed E-state index contributed by atoms with van der Waals surface area (Å²) >= 11 is 0. The van der Waals surface area contributed by atoms with Gasteiger partial charge in [0.2, 0.25) is 5.75 Å². The molecule has 0 atom stereocenters. The largest absolute Gasteiger partial charge is 0.493 e. The van der Waals surface area contributed by atoms with Crippen LogP contribution < -0.4 is 14.2 Å². The second kappa shape index (κ2) is 14.3. The van der Waals surface area contributed by atoms with Crippen molar-refractivity contribution in [2.75, 3.05) is 20.8 Å². The Kier molecular flexibility index (Phi) is 12.0. The Balaban J connectivity index is 2.66. The van der Waals surface area contributed by atoms with Crippen molar-refractivity contribution >= 4 is 12.4 Å². The highest BCUT2D eigenvalue weighted by atomic mass is 16.5. The van der Waals surface area contributed by atoms with E-state index >= 15 is 0 Å². The first-order valence-corrected chi connectivity index (χ1v) is 10.4. The molecule has 0 amide bonds. The van der Waals surface area contributed by atoms with E-state index in [1.54, 1.807) is 20.3 Å². The van der Waals surface area contributed by atoms with Crippen molar-refractivity contribution in [2.24, 2.45) is 0 Å². The topological polar surface area (TPSA) is 44.8 Å². The fourth-order valence-electron chi connectivity index (χ4n) is 2.90. The lowest BCUT2D eigenvalue weighted by molar-refractivity contribution is -0.104. The molecule has 0 bridgehead atoms. The molecule has 0 aliphatic carbocycles. The van der Waals surface area contributed by atoms with Crippen molar-refractivity contribution in [1.82, 2.24) is 0 Å². The predicted molar refractivity (Wildman–Crippen MR) is 126 cm³/mol. The number of hydrogen-bond donors (Lipinski definition) is 0. The van der Waals surface area contributed by atoms with Gasteiger partial charge in [0.1, 0.15) is 12.9 Å². The molecule has 0 fully saturated rings. The highest BCUT2D eigenvalue weighted by Crippen LogP contribution is 2.39. The van der Waals surface area contributed by atoms with Crippen LogP contribution in [0.15, 0.2) is 53.2 Å². The molecule has 0 spiro atoms. The highest BCUT2D eigenvalue weighted by Gasteiger charge is 2.13. The minimum absolute atomic E-state index is 0.436. The molecule has 30 heavy (non-hydrogen) atoms. The van der Waals surface area contributed by atoms with Crippen LogP contribution in [0.4, 0.5) is 0 Å². The van der Waals surface area contributed by atoms with Gasteiger partial charge in [0, 0.05) is 0 Å². The zero-order valence-electron chi connectivity index (χ0n) is 19.3. The van der Waals surface area contributed by atoms with E-state index in [0.29, 0.717) is 23.9 Å². The maximum Gasteiger partial charge on any atom is 0.203 e. The summed E-state index contributed by atoms with van der Waals surface area (Å²) in [6, 6.07) is 3.63. The van der Waals surface area contributed by atoms with Crippen molar-refractivity contribution in [2.45, 2.75) is 53.4 Å². The molecule has 0 saturated carbocycles. The molecule has 0 N–H and O–H groups in total. The summed E-state index contributed by atoms with van der Waals surface area (Å²) in [5.41, 5.74) is 4.91. The van der Waals surface area contributed by atoms with Gasteiger partial charge in [0.25, 0.3) is 0 Å². The molecule has 0 saturated heterocycles. The summed E-state index contributed by atoms with van der Waals surface area (Å²) in [7, 11) is 3.17. The minimum atomic E-state index is 0.436. The second-order valence-electron chi connectivity index (χ2n) is 7.52. The number of methoxy groups -OCH3 is 2. The van der Waals surface area contributed by atoms with Crippen molar-refractivity contribution in [3.05, 3.63) is 58.7 Å². The van der Waals surface area contributed by atoms with Crippen molar-refractivity contribution in [3.63, 3.8) is 0 Å². The number of allylic oxidation sites excluding steroid dienone is 6. The molecule has 4 heteroatoms. The number of ether oxygens (including phenoxy) is 3. The molecule has 0 radical (unpaired) electrons. The maximum absolute atomic E-state index is 10.6. The molecular weight excluding hydrogens is 376 g/mol. The van der Waals surface area contributed by atoms with Gasteiger partial charge in [-0.1, -0.05) is 34.9 Å². The number of aldehydes is 1. The predicted octanol–water partition coefficient (Wildman–Crippen LogP) is 6.71. The van der Waals surface area contributed by atoms with Crippen LogP contribution in [0, 0.1) is 0 Å². The third kappa shape index (κ3) is 9.64. The first-order valence-electron chi connectivity index (χ1n) is 10.4. The fraction of sp³-hybridized carbons (Fsp3) is 0.423. The molecule has 0 unspecified atom stereocenters. The maximum atomic E-state index is 10.6. The van der Waals surface area contributed by atoms with E-state index in [9.17, 15) is 4.79 Å². The average molecular weight is 413 g/mol. The molecule has 1 rings (SSSR count). The van der Waals surface area contributed by atoms with E-state index in [0.717, 1.165) is 37.5 Å². The lowest BCUT2D eigenvalue weighted by atomic mass is 10.1. The molecule has 4 nitrogen and oxygen atoms in total. The molecule has 0 heterocycles. The summed E-state index contributed by atoms with van der Waals surface area (Å²) in [6.45, 7) is 9.04. The highest BCUT2D eigenvalue weighted by molar-refractivity contribution is 5.75. The number of hydrogen-bond acceptors (Lipinski definition) is 4. The Bertz CT molecular complexity index is 768. The third-order valence-corrected chi connectivity index (χ3v) is 4.63. The van der Waals surface area contributed by atoms with E-state index in [1.807, 2.05) is 12.1 Å². The van der Waals surface area contributed by atoms with Gasteiger partial charge in [0.15, 0.2) is 11.5 Å². The Hall–Kier alpha value is -2.75. The van der Waals surface area contributed by atoms with E-state index in [4.69, 9.17) is 14.2 Å². The van der Waals surface area contributed by atoms with Crippen molar-refractivity contribution in [1.29, 1.82) is 0 Å². The van der Waals surface area contributed by atoms with Crippen LogP contribution in [-0.2, 0) is 4.79 Å². The summed E-state index contributed by atoms with van der Waals surface area (Å²) < 4.78 is 16.8. The zero-order valence-corrected chi connectivity index (χ0v) is 19.3. The fourth-order valence-corrected chi connectivity index (χ4v) is 2.90. The van der Waals surface area contributed by atoms with E-state index in [2.05, 4.69) is 45.9 Å². The number of carbonyl (C=O) groups excluding carboxylic acids is 1. The lowest BCUT2D eigenvalue weighted by Crippen LogP contribution is -2.00. The molecule has 164 valence electrons. The van der Waals surface area contributed by atoms with Crippen molar-refractivity contribution in [3.8, 4) is 17.2 Å². The van der Waals surface area contributed by atoms with Crippen LogP contribution in [0.5, 0.6) is 17.2 Å². The van der Waals surface area contributed by atoms with Gasteiger partial charge in [-0.3, -0.25) is 4.79 Å². The lowest BCUT2D eigenvalue weighted by Gasteiger charge is -2.14. The molecule has 0 aliphatic heterocycles. The van der Waals surface area contributed by atoms with Gasteiger partial charge < -0.3 is 14.2 Å². The van der Waals surface area contributed by atoms with Crippen LogP contribution in [0.3, 0.4) is 0 Å². The minimum Gasteiger partial charge on any atom is -0.493 e. The number of carbonyl (C=O) groups is 1. The third-order valence-electron chi connectivity index (χ3n) is 4.63. The van der Waals surface area contributed by atoms with Crippen LogP contribution >= 0.6 is 0 Å². The zero-order chi connectivity index (χ0) is 22.4. The average Bonchev–Trinajstić information content (AvgIpc) is 2.72. The summed E-state index contributed by atoms with van der Waals surface area (Å²) in [5.74, 6) is 1.70. The molecule has 1 aromatic carbocycles. The van der Waals surface area contributed by atoms with Crippen LogP contribution in [0.25, 0.3) is 6.08 Å². The van der Waals surface area contributed by atoms with Crippen LogP contribution in [0.1, 0.15) is 58.9 Å². The Morgan fingerprint density at radius 3 is 1.97 bits per heavy atom. The van der Waals surface area contributed by atoms with Gasteiger partial charge in [-0.2, -0.15) is 0 Å². The normalized spacial score (nSPS) is 12.1. The molecule has 1 aromatic rings. The number of benzene rings is 1. The summed E-state index contributed by atoms with van der Waals surface area (Å²) in [4.78, 5) is 10.6. The molecule has 0 aliphatic rings. The van der Waals surface area contributed by atoms with E-state index < -0.39 is 0 Å². The van der Waals surface area contributed by atoms with Gasteiger partial charge in [-0.05, 0) is 83.2 Å². The van der Waals surface area contributed by atoms with Crippen LogP contribution in [0.2, 0.25) is 0 Å². The van der Waals surface area contributed by atoms with E-state index in [1.165, 1.54) is 22.8 Å². The van der Waals surface area contributed by atoms with E-state index in [-0.39, 0.29) is 0 Å². The van der Waals surface area contributed by atoms with Gasteiger partial charge in [-0.15, -0.1) is 0 Å². The van der Waals surface area contributed by atoms with Gasteiger partial charge in [0.05, 0.1) is 14.2 Å². The molecular formula is C26H36O4. The second-order valence-corrected chi connectivity index (χ2v) is 7.52. The Morgan fingerprint density at radius 1 is 0.867 bits per heavy atom. The standard InChI is InChI=1S/C26H36O4/c1-20(2)10-7-11-21(3)12-8-13-22(4)15-17-30-26-24(28-5)18-23(14-9-16-27)19-25(26)29-6/h9-10,12,14-16,18-19H,7-8,11,13,17H2,1-6H3/b14-9+,21-12+,22-15+. The first-order chi connectivity index (χ1) is 14.4. The number of rotatable bonds is 13. The first kappa shape index (κ1) is 25.3. The SMILES string of the molecule is COc1cc(/C=C/C=O)cc(OC)c1OC/C=C(\C)CC/C=C(\C)CCC=C(C)C. The Labute approximate surface area is 181 Å². The smallest absolute Gasteiger partial charge is 0.203 e. The molecule has 0 aromatic heterocycles. The van der Waals surface area contributed by atoms with Crippen LogP contribution in [-0.4, -0.2) is 27.1 Å². The van der Waals surface area contributed by atoms with Gasteiger partial charge >= 0.3 is 0 Å². The Morgan fingerprint density at radius 2 is 1.43 bits per heavy atom. The summed E-state index contributed by atoms with van der Waals surface area (Å²) in [5, 5.41) is 0. The van der Waals surface area contributed by atoms with Crippen molar-refractivity contribution < 1.29 is 19.0 Å².